The predicted octanol–water partition coefficient (Wildman–Crippen LogP) is 5.58. The highest BCUT2D eigenvalue weighted by Gasteiger charge is 2.48. The molecule has 8 heteroatoms. The molecule has 0 spiro atoms. The lowest BCUT2D eigenvalue weighted by Crippen LogP contribution is -2.29. The Morgan fingerprint density at radius 3 is 2.28 bits per heavy atom. The highest BCUT2D eigenvalue weighted by molar-refractivity contribution is 6.51. The average Bonchev–Trinajstić information content (AvgIpc) is 3.43. The first-order chi connectivity index (χ1) is 17.4. The molecule has 2 heterocycles. The molecule has 4 rings (SSSR count). The Labute approximate surface area is 210 Å². The SMILES string of the molecule is CCCCCOc1ccc(C2/C(=C(/O)c3ccc(OCC)cc3)C(=O)C(=O)N2c2cc(C)on2)cc1. The number of amides is 1. The molecule has 0 saturated carbocycles. The summed E-state index contributed by atoms with van der Waals surface area (Å²) in [7, 11) is 0. The number of carbonyl (C=O) groups is 2. The zero-order valence-corrected chi connectivity index (χ0v) is 20.7. The quantitative estimate of drug-likeness (QED) is 0.171. The van der Waals surface area contributed by atoms with Crippen molar-refractivity contribution >= 4 is 23.3 Å². The van der Waals surface area contributed by atoms with Crippen LogP contribution in [0.4, 0.5) is 5.82 Å². The molecule has 1 unspecified atom stereocenters. The van der Waals surface area contributed by atoms with Crippen molar-refractivity contribution in [3.8, 4) is 11.5 Å². The predicted molar refractivity (Wildman–Crippen MR) is 135 cm³/mol. The molecule has 2 aromatic carbocycles. The van der Waals surface area contributed by atoms with Gasteiger partial charge in [-0.1, -0.05) is 37.1 Å². The van der Waals surface area contributed by atoms with E-state index in [1.54, 1.807) is 61.5 Å². The summed E-state index contributed by atoms with van der Waals surface area (Å²) in [6, 6.07) is 14.6. The molecular weight excluding hydrogens is 460 g/mol. The van der Waals surface area contributed by atoms with Crippen molar-refractivity contribution in [2.24, 2.45) is 0 Å². The van der Waals surface area contributed by atoms with Gasteiger partial charge >= 0.3 is 5.91 Å². The summed E-state index contributed by atoms with van der Waals surface area (Å²) < 4.78 is 16.5. The molecule has 188 valence electrons. The molecular formula is C28H30N2O6. The second-order valence-electron chi connectivity index (χ2n) is 8.55. The highest BCUT2D eigenvalue weighted by atomic mass is 16.5. The second kappa shape index (κ2) is 11.1. The van der Waals surface area contributed by atoms with E-state index < -0.39 is 17.7 Å². The maximum Gasteiger partial charge on any atom is 0.301 e. The van der Waals surface area contributed by atoms with Crippen LogP contribution in [-0.2, 0) is 9.59 Å². The number of rotatable bonds is 10. The zero-order chi connectivity index (χ0) is 25.7. The number of hydrogen-bond donors (Lipinski definition) is 1. The summed E-state index contributed by atoms with van der Waals surface area (Å²) in [4.78, 5) is 27.6. The fourth-order valence-corrected chi connectivity index (χ4v) is 4.17. The van der Waals surface area contributed by atoms with Crippen LogP contribution in [0.1, 0.15) is 56.0 Å². The number of aryl methyl sites for hydroxylation is 1. The summed E-state index contributed by atoms with van der Waals surface area (Å²) in [5.74, 6) is 0.157. The van der Waals surface area contributed by atoms with Gasteiger partial charge in [0.15, 0.2) is 5.82 Å². The van der Waals surface area contributed by atoms with Crippen molar-refractivity contribution in [1.29, 1.82) is 0 Å². The van der Waals surface area contributed by atoms with Crippen molar-refractivity contribution in [3.05, 3.63) is 77.1 Å². The number of aromatic nitrogens is 1. The molecule has 36 heavy (non-hydrogen) atoms. The average molecular weight is 491 g/mol. The molecule has 1 fully saturated rings. The van der Waals surface area contributed by atoms with Gasteiger partial charge in [-0.15, -0.1) is 0 Å². The third kappa shape index (κ3) is 5.12. The van der Waals surface area contributed by atoms with Gasteiger partial charge in [-0.3, -0.25) is 14.5 Å². The number of ketones is 1. The molecule has 1 aromatic heterocycles. The van der Waals surface area contributed by atoms with E-state index in [4.69, 9.17) is 14.0 Å². The standard InChI is InChI=1S/C28H30N2O6/c1-4-6-7-16-35-22-12-8-19(9-13-22)25-24(26(31)20-10-14-21(15-11-20)34-5-2)27(32)28(33)30(25)23-17-18(3)36-29-23/h8-15,17,25,31H,4-7,16H2,1-3H3/b26-24-. The minimum absolute atomic E-state index is 0.0265. The Hall–Kier alpha value is -4.07. The minimum Gasteiger partial charge on any atom is -0.507 e. The largest absolute Gasteiger partial charge is 0.507 e. The topological polar surface area (TPSA) is 102 Å². The van der Waals surface area contributed by atoms with E-state index in [1.165, 1.54) is 4.90 Å². The third-order valence-corrected chi connectivity index (χ3v) is 5.96. The van der Waals surface area contributed by atoms with Crippen LogP contribution in [-0.4, -0.2) is 35.2 Å². The first-order valence-corrected chi connectivity index (χ1v) is 12.1. The smallest absolute Gasteiger partial charge is 0.301 e. The van der Waals surface area contributed by atoms with Gasteiger partial charge in [0.1, 0.15) is 23.0 Å². The second-order valence-corrected chi connectivity index (χ2v) is 8.55. The fraction of sp³-hybridized carbons (Fsp3) is 0.321. The summed E-state index contributed by atoms with van der Waals surface area (Å²) in [5.41, 5.74) is 0.998. The minimum atomic E-state index is -0.893. The summed E-state index contributed by atoms with van der Waals surface area (Å²) in [6.45, 7) is 6.83. The van der Waals surface area contributed by atoms with Crippen LogP contribution in [0.25, 0.3) is 5.76 Å². The van der Waals surface area contributed by atoms with E-state index in [0.29, 0.717) is 41.6 Å². The molecule has 0 radical (unpaired) electrons. The van der Waals surface area contributed by atoms with Crippen LogP contribution >= 0.6 is 0 Å². The van der Waals surface area contributed by atoms with E-state index >= 15 is 0 Å². The van der Waals surface area contributed by atoms with Crippen LogP contribution in [0, 0.1) is 6.92 Å². The summed E-state index contributed by atoms with van der Waals surface area (Å²) in [6.07, 6.45) is 3.16. The number of hydrogen-bond acceptors (Lipinski definition) is 7. The van der Waals surface area contributed by atoms with Crippen molar-refractivity contribution in [1.82, 2.24) is 5.16 Å². The third-order valence-electron chi connectivity index (χ3n) is 5.96. The number of aliphatic hydroxyl groups is 1. The lowest BCUT2D eigenvalue weighted by Gasteiger charge is -2.23. The molecule has 3 aromatic rings. The normalized spacial score (nSPS) is 17.0. The number of aliphatic hydroxyl groups excluding tert-OH is 1. The number of benzene rings is 2. The van der Waals surface area contributed by atoms with Gasteiger partial charge in [-0.05, 0) is 62.2 Å². The van der Waals surface area contributed by atoms with Crippen LogP contribution in [0.3, 0.4) is 0 Å². The van der Waals surface area contributed by atoms with Crippen molar-refractivity contribution < 1.29 is 28.7 Å². The fourth-order valence-electron chi connectivity index (χ4n) is 4.17. The van der Waals surface area contributed by atoms with Gasteiger partial charge in [0.2, 0.25) is 0 Å². The maximum absolute atomic E-state index is 13.2. The van der Waals surface area contributed by atoms with Gasteiger partial charge in [0.05, 0.1) is 24.8 Å². The van der Waals surface area contributed by atoms with Crippen molar-refractivity contribution in [3.63, 3.8) is 0 Å². The number of anilines is 1. The summed E-state index contributed by atoms with van der Waals surface area (Å²) in [5, 5.41) is 15.2. The first kappa shape index (κ1) is 25.0. The molecule has 0 aliphatic carbocycles. The first-order valence-electron chi connectivity index (χ1n) is 12.1. The number of ether oxygens (including phenoxy) is 2. The van der Waals surface area contributed by atoms with Crippen LogP contribution in [0.15, 0.2) is 64.7 Å². The Kier molecular flexibility index (Phi) is 7.73. The molecule has 8 nitrogen and oxygen atoms in total. The lowest BCUT2D eigenvalue weighted by atomic mass is 9.95. The van der Waals surface area contributed by atoms with E-state index in [2.05, 4.69) is 12.1 Å². The Morgan fingerprint density at radius 2 is 1.67 bits per heavy atom. The molecule has 0 bridgehead atoms. The van der Waals surface area contributed by atoms with Gasteiger partial charge in [0, 0.05) is 11.6 Å². The molecule has 1 atom stereocenters. The lowest BCUT2D eigenvalue weighted by molar-refractivity contribution is -0.132. The van der Waals surface area contributed by atoms with Crippen molar-refractivity contribution in [2.75, 3.05) is 18.1 Å². The Morgan fingerprint density at radius 1 is 1.00 bits per heavy atom. The van der Waals surface area contributed by atoms with E-state index in [0.717, 1.165) is 19.3 Å². The van der Waals surface area contributed by atoms with E-state index in [9.17, 15) is 14.7 Å². The maximum atomic E-state index is 13.2. The van der Waals surface area contributed by atoms with Crippen LogP contribution in [0.5, 0.6) is 11.5 Å². The molecule has 1 amide bonds. The van der Waals surface area contributed by atoms with Gasteiger partial charge < -0.3 is 19.1 Å². The van der Waals surface area contributed by atoms with Crippen LogP contribution in [0.2, 0.25) is 0 Å². The van der Waals surface area contributed by atoms with Gasteiger partial charge in [-0.2, -0.15) is 0 Å². The summed E-state index contributed by atoms with van der Waals surface area (Å²) >= 11 is 0. The molecule has 1 saturated heterocycles. The molecule has 1 N–H and O–H groups in total. The highest BCUT2D eigenvalue weighted by Crippen LogP contribution is 2.42. The van der Waals surface area contributed by atoms with Gasteiger partial charge in [0.25, 0.3) is 5.78 Å². The van der Waals surface area contributed by atoms with Crippen molar-refractivity contribution in [2.45, 2.75) is 46.1 Å². The van der Waals surface area contributed by atoms with E-state index in [-0.39, 0.29) is 17.2 Å². The Balaban J connectivity index is 1.74. The number of unbranched alkanes of at least 4 members (excludes halogenated alkanes) is 2. The molecule has 1 aliphatic rings. The van der Waals surface area contributed by atoms with Crippen LogP contribution < -0.4 is 14.4 Å². The molecule has 1 aliphatic heterocycles. The zero-order valence-electron chi connectivity index (χ0n) is 20.7. The Bertz CT molecular complexity index is 1240. The number of nitrogens with zero attached hydrogens (tertiary/aromatic N) is 2. The monoisotopic (exact) mass is 490 g/mol. The number of carbonyl (C=O) groups excluding carboxylic acids is 2. The number of Topliss-reactive ketones (excluding diaryl/α,β-unsaturated/α-hetero) is 1. The van der Waals surface area contributed by atoms with Gasteiger partial charge in [-0.25, -0.2) is 0 Å². The van der Waals surface area contributed by atoms with E-state index in [1.807, 2.05) is 6.92 Å².